The third-order valence-electron chi connectivity index (χ3n) is 18.2. The molecule has 0 spiro atoms. The summed E-state index contributed by atoms with van der Waals surface area (Å²) in [7, 11) is 0. The standard InChI is InChI=1S/C86H83NO7/c1-84(55-16-58-88-77-41-27-66(61-87)28-42-77,71-29-43-78(44-30-71)89-59-17-56-85(2,73-33-47-80(48-34-73)91-62-67-19-8-4-9-20-67)74-35-49-81(50-36-74)92-63-68-21-10-5-11-22-68)72-31-45-79(46-32-72)90-60-18-57-86(3,75-37-51-82(52-38-75)93-64-69-23-12-6-13-24-69)76-39-53-83(54-40-76)94-65-70-25-14-7-15-26-70/h4-15,19-54H,16-18,55-60,62-65H2,1-3H3. The van der Waals surface area contributed by atoms with Crippen molar-refractivity contribution in [2.45, 2.75) is 102 Å². The van der Waals surface area contributed by atoms with E-state index in [4.69, 9.17) is 33.2 Å². The summed E-state index contributed by atoms with van der Waals surface area (Å²) in [6, 6.07) is 102. The molecule has 0 radical (unpaired) electrons. The summed E-state index contributed by atoms with van der Waals surface area (Å²) in [4.78, 5) is 0. The molecule has 8 heteroatoms. The molecule has 11 aromatic carbocycles. The number of hydrogen-bond donors (Lipinski definition) is 0. The van der Waals surface area contributed by atoms with Crippen LogP contribution in [0.3, 0.4) is 0 Å². The van der Waals surface area contributed by atoms with Crippen molar-refractivity contribution >= 4 is 0 Å². The highest BCUT2D eigenvalue weighted by Crippen LogP contribution is 2.42. The van der Waals surface area contributed by atoms with Crippen molar-refractivity contribution < 1.29 is 33.2 Å². The molecule has 0 fully saturated rings. The van der Waals surface area contributed by atoms with E-state index in [-0.39, 0.29) is 16.2 Å². The van der Waals surface area contributed by atoms with Gasteiger partial charge in [-0.05, 0) is 191 Å². The maximum absolute atomic E-state index is 9.37. The number of hydrogen-bond acceptors (Lipinski definition) is 8. The van der Waals surface area contributed by atoms with Crippen molar-refractivity contribution in [1.29, 1.82) is 5.26 Å². The van der Waals surface area contributed by atoms with Gasteiger partial charge in [-0.1, -0.05) is 215 Å². The minimum absolute atomic E-state index is 0.322. The van der Waals surface area contributed by atoms with E-state index in [0.717, 1.165) is 101 Å². The van der Waals surface area contributed by atoms with E-state index < -0.39 is 0 Å². The van der Waals surface area contributed by atoms with Gasteiger partial charge in [0.25, 0.3) is 0 Å². The van der Waals surface area contributed by atoms with Crippen molar-refractivity contribution in [2.24, 2.45) is 0 Å². The van der Waals surface area contributed by atoms with E-state index >= 15 is 0 Å². The Morgan fingerprint density at radius 3 is 0.638 bits per heavy atom. The molecule has 8 nitrogen and oxygen atoms in total. The van der Waals surface area contributed by atoms with Crippen LogP contribution >= 0.6 is 0 Å². The zero-order valence-electron chi connectivity index (χ0n) is 54.2. The number of nitriles is 1. The molecule has 0 bridgehead atoms. The molecular weight excluding hydrogens is 1160 g/mol. The van der Waals surface area contributed by atoms with Crippen LogP contribution in [0.25, 0.3) is 0 Å². The fourth-order valence-corrected chi connectivity index (χ4v) is 12.3. The molecule has 94 heavy (non-hydrogen) atoms. The molecule has 0 aliphatic heterocycles. The molecule has 11 aromatic rings. The summed E-state index contributed by atoms with van der Waals surface area (Å²) in [6.45, 7) is 10.6. The van der Waals surface area contributed by atoms with Crippen molar-refractivity contribution in [3.8, 4) is 46.3 Å². The lowest BCUT2D eigenvalue weighted by Gasteiger charge is -2.32. The number of rotatable bonds is 33. The minimum atomic E-state index is -0.372. The Morgan fingerprint density at radius 1 is 0.245 bits per heavy atom. The molecule has 474 valence electrons. The largest absolute Gasteiger partial charge is 0.494 e. The fraction of sp³-hybridized carbons (Fsp3) is 0.221. The van der Waals surface area contributed by atoms with Gasteiger partial charge in [0, 0.05) is 16.2 Å². The Balaban J connectivity index is 0.749. The second-order valence-electron chi connectivity index (χ2n) is 24.7. The molecule has 0 amide bonds. The average Bonchev–Trinajstić information content (AvgIpc) is 0.845. The first kappa shape index (κ1) is 65.0. The van der Waals surface area contributed by atoms with Gasteiger partial charge in [0.15, 0.2) is 0 Å². The SMILES string of the molecule is CC(CCCOc1ccc(C#N)cc1)(c1ccc(OCCCC(C)(c2ccc(OCc3ccccc3)cc2)c2ccc(OCc3ccccc3)cc2)cc1)c1ccc(OCCCC(C)(c2ccc(OCc3ccccc3)cc2)c2ccc(OCc3ccccc3)cc2)cc1. The molecule has 0 aromatic heterocycles. The molecule has 0 saturated carbocycles. The van der Waals surface area contributed by atoms with Crippen LogP contribution in [0.5, 0.6) is 40.2 Å². The van der Waals surface area contributed by atoms with E-state index in [1.807, 2.05) is 84.9 Å². The van der Waals surface area contributed by atoms with Crippen LogP contribution in [-0.4, -0.2) is 19.8 Å². The minimum Gasteiger partial charge on any atom is -0.494 e. The lowest BCUT2D eigenvalue weighted by atomic mass is 9.73. The number of benzene rings is 11. The third kappa shape index (κ3) is 17.5. The van der Waals surface area contributed by atoms with Gasteiger partial charge in [0.1, 0.15) is 66.7 Å². The van der Waals surface area contributed by atoms with Gasteiger partial charge in [0.2, 0.25) is 0 Å². The Bertz CT molecular complexity index is 3660. The van der Waals surface area contributed by atoms with E-state index in [0.29, 0.717) is 51.8 Å². The second kappa shape index (κ2) is 32.2. The molecule has 0 heterocycles. The number of nitrogens with zero attached hydrogens (tertiary/aromatic N) is 1. The summed E-state index contributed by atoms with van der Waals surface area (Å²) < 4.78 is 44.2. The first-order chi connectivity index (χ1) is 46.1. The third-order valence-corrected chi connectivity index (χ3v) is 18.2. The van der Waals surface area contributed by atoms with Gasteiger partial charge in [-0.15, -0.1) is 0 Å². The Morgan fingerprint density at radius 2 is 0.436 bits per heavy atom. The van der Waals surface area contributed by atoms with Crippen molar-refractivity contribution in [2.75, 3.05) is 19.8 Å². The monoisotopic (exact) mass is 1240 g/mol. The van der Waals surface area contributed by atoms with Gasteiger partial charge < -0.3 is 33.2 Å². The number of ether oxygens (including phenoxy) is 7. The lowest BCUT2D eigenvalue weighted by Crippen LogP contribution is -2.25. The summed E-state index contributed by atoms with van der Waals surface area (Å²) in [5.74, 6) is 5.73. The zero-order valence-corrected chi connectivity index (χ0v) is 54.2. The molecule has 0 N–H and O–H groups in total. The Hall–Kier alpha value is -10.5. The highest BCUT2D eigenvalue weighted by Gasteiger charge is 2.32. The van der Waals surface area contributed by atoms with Crippen LogP contribution in [0, 0.1) is 11.3 Å². The van der Waals surface area contributed by atoms with Gasteiger partial charge >= 0.3 is 0 Å². The molecule has 0 unspecified atom stereocenters. The highest BCUT2D eigenvalue weighted by molar-refractivity contribution is 5.47. The van der Waals surface area contributed by atoms with Gasteiger partial charge in [-0.3, -0.25) is 0 Å². The van der Waals surface area contributed by atoms with Gasteiger partial charge in [-0.25, -0.2) is 0 Å². The smallest absolute Gasteiger partial charge is 0.119 e. The molecule has 0 aliphatic carbocycles. The Labute approximate surface area is 555 Å². The van der Waals surface area contributed by atoms with E-state index in [1.54, 1.807) is 12.1 Å². The maximum Gasteiger partial charge on any atom is 0.119 e. The topological polar surface area (TPSA) is 88.4 Å². The summed E-state index contributed by atoms with van der Waals surface area (Å²) in [5, 5.41) is 9.37. The summed E-state index contributed by atoms with van der Waals surface area (Å²) in [6.07, 6.45) is 4.96. The molecule has 0 saturated heterocycles. The quantitative estimate of drug-likeness (QED) is 0.0376. The Kier molecular flexibility index (Phi) is 22.3. The average molecular weight is 1240 g/mol. The zero-order chi connectivity index (χ0) is 64.7. The molecule has 0 atom stereocenters. The second-order valence-corrected chi connectivity index (χ2v) is 24.7. The molecular formula is C86H83NO7. The van der Waals surface area contributed by atoms with Crippen LogP contribution < -0.4 is 33.2 Å². The molecule has 11 rings (SSSR count). The summed E-state index contributed by atoms with van der Waals surface area (Å²) >= 11 is 0. The van der Waals surface area contributed by atoms with Crippen molar-refractivity contribution in [1.82, 2.24) is 0 Å². The van der Waals surface area contributed by atoms with Crippen LogP contribution in [0.1, 0.15) is 120 Å². The normalized spacial score (nSPS) is 11.5. The van der Waals surface area contributed by atoms with Gasteiger partial charge in [-0.2, -0.15) is 5.26 Å². The first-order valence-corrected chi connectivity index (χ1v) is 32.8. The predicted octanol–water partition coefficient (Wildman–Crippen LogP) is 20.4. The van der Waals surface area contributed by atoms with E-state index in [9.17, 15) is 5.26 Å². The highest BCUT2D eigenvalue weighted by atomic mass is 16.5. The van der Waals surface area contributed by atoms with Crippen LogP contribution in [-0.2, 0) is 42.7 Å². The van der Waals surface area contributed by atoms with E-state index in [1.165, 1.54) is 33.4 Å². The first-order valence-electron chi connectivity index (χ1n) is 32.8. The fourth-order valence-electron chi connectivity index (χ4n) is 12.3. The van der Waals surface area contributed by atoms with Crippen molar-refractivity contribution in [3.63, 3.8) is 0 Å². The van der Waals surface area contributed by atoms with Crippen LogP contribution in [0.15, 0.2) is 291 Å². The van der Waals surface area contributed by atoms with Gasteiger partial charge in [0.05, 0.1) is 31.5 Å². The lowest BCUT2D eigenvalue weighted by molar-refractivity contribution is 0.289. The van der Waals surface area contributed by atoms with Crippen molar-refractivity contribution in [3.05, 3.63) is 352 Å². The van der Waals surface area contributed by atoms with Crippen LogP contribution in [0.2, 0.25) is 0 Å². The molecule has 0 aliphatic rings. The maximum atomic E-state index is 9.37. The summed E-state index contributed by atoms with van der Waals surface area (Å²) in [5.41, 5.74) is 11.3. The van der Waals surface area contributed by atoms with Crippen LogP contribution in [0.4, 0.5) is 0 Å². The predicted molar refractivity (Wildman–Crippen MR) is 376 cm³/mol. The van der Waals surface area contributed by atoms with E-state index in [2.05, 4.69) is 221 Å².